The number of nitro groups is 1. The van der Waals surface area contributed by atoms with E-state index in [0.29, 0.717) is 6.07 Å². The van der Waals surface area contributed by atoms with Gasteiger partial charge in [0.05, 0.1) is 4.92 Å². The summed E-state index contributed by atoms with van der Waals surface area (Å²) >= 11 is 0. The zero-order valence-electron chi connectivity index (χ0n) is 9.92. The predicted molar refractivity (Wildman–Crippen MR) is 62.2 cm³/mol. The third-order valence-corrected chi connectivity index (χ3v) is 2.42. The number of hydrogen-bond donors (Lipinski definition) is 2. The summed E-state index contributed by atoms with van der Waals surface area (Å²) < 4.78 is 13.3. The van der Waals surface area contributed by atoms with Crippen molar-refractivity contribution in [1.82, 2.24) is 5.32 Å². The van der Waals surface area contributed by atoms with E-state index < -0.39 is 34.3 Å². The number of carbonyl (C=O) groups excluding carboxylic acids is 1. The van der Waals surface area contributed by atoms with E-state index in [1.807, 2.05) is 0 Å². The Morgan fingerprint density at radius 1 is 1.53 bits per heavy atom. The molecule has 19 heavy (non-hydrogen) atoms. The molecule has 0 saturated heterocycles. The first-order chi connectivity index (χ1) is 8.86. The van der Waals surface area contributed by atoms with Gasteiger partial charge in [-0.1, -0.05) is 6.92 Å². The predicted octanol–water partition coefficient (Wildman–Crippen LogP) is 1.33. The molecule has 0 aliphatic carbocycles. The Hall–Kier alpha value is -2.51. The molecule has 0 aliphatic heterocycles. The summed E-state index contributed by atoms with van der Waals surface area (Å²) in [5.41, 5.74) is -0.926. The van der Waals surface area contributed by atoms with Crippen LogP contribution >= 0.6 is 0 Å². The van der Waals surface area contributed by atoms with Crippen molar-refractivity contribution in [2.24, 2.45) is 0 Å². The lowest BCUT2D eigenvalue weighted by atomic mass is 10.1. The minimum atomic E-state index is -1.21. The van der Waals surface area contributed by atoms with Crippen LogP contribution in [0.25, 0.3) is 0 Å². The van der Waals surface area contributed by atoms with E-state index >= 15 is 0 Å². The van der Waals surface area contributed by atoms with Crippen molar-refractivity contribution < 1.29 is 24.0 Å². The number of halogens is 1. The molecule has 1 aromatic rings. The van der Waals surface area contributed by atoms with Gasteiger partial charge in [0, 0.05) is 11.6 Å². The topological polar surface area (TPSA) is 110 Å². The second kappa shape index (κ2) is 5.89. The second-order valence-corrected chi connectivity index (χ2v) is 3.70. The summed E-state index contributed by atoms with van der Waals surface area (Å²) in [6.45, 7) is 1.56. The number of carboxylic acids is 1. The fraction of sp³-hybridized carbons (Fsp3) is 0.273. The lowest BCUT2D eigenvalue weighted by molar-refractivity contribution is -0.387. The van der Waals surface area contributed by atoms with Gasteiger partial charge >= 0.3 is 11.7 Å². The van der Waals surface area contributed by atoms with Crippen LogP contribution in [-0.2, 0) is 4.79 Å². The van der Waals surface area contributed by atoms with Gasteiger partial charge < -0.3 is 10.4 Å². The molecule has 0 heterocycles. The largest absolute Gasteiger partial charge is 0.480 e. The van der Waals surface area contributed by atoms with Gasteiger partial charge in [-0.3, -0.25) is 14.9 Å². The van der Waals surface area contributed by atoms with Crippen molar-refractivity contribution in [2.75, 3.05) is 0 Å². The molecule has 0 spiro atoms. The average Bonchev–Trinajstić information content (AvgIpc) is 2.34. The van der Waals surface area contributed by atoms with E-state index in [1.165, 1.54) is 0 Å². The van der Waals surface area contributed by atoms with Crippen molar-refractivity contribution in [1.29, 1.82) is 0 Å². The van der Waals surface area contributed by atoms with E-state index in [1.54, 1.807) is 6.92 Å². The summed E-state index contributed by atoms with van der Waals surface area (Å²) in [5.74, 6) is -3.16. The number of rotatable bonds is 5. The van der Waals surface area contributed by atoms with Crippen molar-refractivity contribution >= 4 is 17.6 Å². The molecule has 7 nitrogen and oxygen atoms in total. The smallest absolute Gasteiger partial charge is 0.326 e. The molecular weight excluding hydrogens is 259 g/mol. The molecular formula is C11H11FN2O5. The minimum absolute atomic E-state index is 0.163. The monoisotopic (exact) mass is 270 g/mol. The molecule has 102 valence electrons. The summed E-state index contributed by atoms with van der Waals surface area (Å²) in [5, 5.41) is 21.3. The van der Waals surface area contributed by atoms with Gasteiger partial charge in [-0.05, 0) is 18.6 Å². The Balaban J connectivity index is 2.92. The second-order valence-electron chi connectivity index (χ2n) is 3.70. The van der Waals surface area contributed by atoms with Gasteiger partial charge in [0.25, 0.3) is 5.91 Å². The van der Waals surface area contributed by atoms with Crippen LogP contribution in [-0.4, -0.2) is 27.9 Å². The molecule has 1 aromatic carbocycles. The maximum atomic E-state index is 13.3. The van der Waals surface area contributed by atoms with Crippen LogP contribution in [0, 0.1) is 15.9 Å². The Labute approximate surface area is 107 Å². The van der Waals surface area contributed by atoms with E-state index in [9.17, 15) is 24.1 Å². The molecule has 1 rings (SSSR count). The third kappa shape index (κ3) is 3.47. The first kappa shape index (κ1) is 14.6. The SMILES string of the molecule is CC[C@@H](NC(=O)c1ccc([N+](=O)[O-])c(F)c1)C(=O)O. The zero-order chi connectivity index (χ0) is 14.6. The number of aliphatic carboxylic acids is 1. The number of hydrogen-bond acceptors (Lipinski definition) is 4. The van der Waals surface area contributed by atoms with Gasteiger partial charge in [-0.25, -0.2) is 4.79 Å². The molecule has 1 atom stereocenters. The number of carboxylic acid groups (broad SMARTS) is 1. The number of nitro benzene ring substituents is 1. The Bertz CT molecular complexity index is 532. The highest BCUT2D eigenvalue weighted by atomic mass is 19.1. The van der Waals surface area contributed by atoms with Crippen molar-refractivity contribution in [3.05, 3.63) is 39.7 Å². The fourth-order valence-corrected chi connectivity index (χ4v) is 1.38. The van der Waals surface area contributed by atoms with Crippen LogP contribution in [0.1, 0.15) is 23.7 Å². The molecule has 2 N–H and O–H groups in total. The molecule has 0 radical (unpaired) electrons. The van der Waals surface area contributed by atoms with Crippen LogP contribution in [0.4, 0.5) is 10.1 Å². The highest BCUT2D eigenvalue weighted by Gasteiger charge is 2.21. The van der Waals surface area contributed by atoms with Crippen molar-refractivity contribution in [2.45, 2.75) is 19.4 Å². The van der Waals surface area contributed by atoms with Crippen LogP contribution in [0.5, 0.6) is 0 Å². The summed E-state index contributed by atoms with van der Waals surface area (Å²) in [6, 6.07) is 1.52. The van der Waals surface area contributed by atoms with Gasteiger partial charge in [-0.15, -0.1) is 0 Å². The van der Waals surface area contributed by atoms with Gasteiger partial charge in [-0.2, -0.15) is 4.39 Å². The van der Waals surface area contributed by atoms with Crippen LogP contribution in [0.2, 0.25) is 0 Å². The Kier molecular flexibility index (Phi) is 4.51. The number of amides is 1. The summed E-state index contributed by atoms with van der Waals surface area (Å²) in [6.07, 6.45) is 0.163. The normalized spacial score (nSPS) is 11.7. The number of benzene rings is 1. The van der Waals surface area contributed by atoms with Gasteiger partial charge in [0.2, 0.25) is 5.82 Å². The maximum absolute atomic E-state index is 13.3. The lowest BCUT2D eigenvalue weighted by Gasteiger charge is -2.12. The van der Waals surface area contributed by atoms with Crippen LogP contribution in [0.3, 0.4) is 0 Å². The molecule has 0 saturated carbocycles. The molecule has 0 bridgehead atoms. The first-order valence-electron chi connectivity index (χ1n) is 5.34. The molecule has 0 aromatic heterocycles. The van der Waals surface area contributed by atoms with E-state index in [-0.39, 0.29) is 12.0 Å². The quantitative estimate of drug-likeness (QED) is 0.619. The molecule has 8 heteroatoms. The first-order valence-corrected chi connectivity index (χ1v) is 5.34. The summed E-state index contributed by atoms with van der Waals surface area (Å²) in [4.78, 5) is 31.9. The van der Waals surface area contributed by atoms with Gasteiger partial charge in [0.1, 0.15) is 6.04 Å². The molecule has 0 unspecified atom stereocenters. The number of carbonyl (C=O) groups is 2. The van der Waals surface area contributed by atoms with E-state index in [4.69, 9.17) is 5.11 Å². The number of nitrogens with zero attached hydrogens (tertiary/aromatic N) is 1. The molecule has 1 amide bonds. The van der Waals surface area contributed by atoms with Crippen molar-refractivity contribution in [3.8, 4) is 0 Å². The minimum Gasteiger partial charge on any atom is -0.480 e. The molecule has 0 aliphatic rings. The van der Waals surface area contributed by atoms with E-state index in [0.717, 1.165) is 12.1 Å². The third-order valence-electron chi connectivity index (χ3n) is 2.42. The van der Waals surface area contributed by atoms with Gasteiger partial charge in [0.15, 0.2) is 0 Å². The van der Waals surface area contributed by atoms with Crippen molar-refractivity contribution in [3.63, 3.8) is 0 Å². The Morgan fingerprint density at radius 2 is 2.16 bits per heavy atom. The highest BCUT2D eigenvalue weighted by Crippen LogP contribution is 2.18. The fourth-order valence-electron chi connectivity index (χ4n) is 1.38. The Morgan fingerprint density at radius 3 is 2.58 bits per heavy atom. The van der Waals surface area contributed by atoms with Crippen LogP contribution in [0.15, 0.2) is 18.2 Å². The highest BCUT2D eigenvalue weighted by molar-refractivity contribution is 5.96. The maximum Gasteiger partial charge on any atom is 0.326 e. The molecule has 0 fully saturated rings. The van der Waals surface area contributed by atoms with E-state index in [2.05, 4.69) is 5.32 Å². The lowest BCUT2D eigenvalue weighted by Crippen LogP contribution is -2.40. The number of nitrogens with one attached hydrogen (secondary N) is 1. The summed E-state index contributed by atoms with van der Waals surface area (Å²) in [7, 11) is 0. The average molecular weight is 270 g/mol. The van der Waals surface area contributed by atoms with Crippen LogP contribution < -0.4 is 5.32 Å². The zero-order valence-corrected chi connectivity index (χ0v) is 9.92. The standard InChI is InChI=1S/C11H11FN2O5/c1-2-8(11(16)17)13-10(15)6-3-4-9(14(18)19)7(12)5-6/h3-5,8H,2H2,1H3,(H,13,15)(H,16,17)/t8-/m1/s1.